The van der Waals surface area contributed by atoms with Gasteiger partial charge in [0.25, 0.3) is 5.91 Å². The van der Waals surface area contributed by atoms with Crippen molar-refractivity contribution in [3.8, 4) is 0 Å². The number of fused-ring (bicyclic) bond motifs is 1. The average Bonchev–Trinajstić information content (AvgIpc) is 3.26. The molecule has 0 unspecified atom stereocenters. The molecule has 0 saturated heterocycles. The summed E-state index contributed by atoms with van der Waals surface area (Å²) in [6.07, 6.45) is 2.68. The predicted molar refractivity (Wildman–Crippen MR) is 133 cm³/mol. The highest BCUT2D eigenvalue weighted by Crippen LogP contribution is 2.35. The quantitative estimate of drug-likeness (QED) is 0.328. The van der Waals surface area contributed by atoms with E-state index in [1.807, 2.05) is 53.0 Å². The number of rotatable bonds is 7. The van der Waals surface area contributed by atoms with Crippen LogP contribution in [0, 0.1) is 13.8 Å². The molecule has 1 aromatic heterocycles. The standard InChI is InChI=1S/C15H13ClN2O.C5H13NO.C4H9NO/c1-8-5-9(2)17-14(8)7-12-11-6-10(16)3-4-13(11)18-15(12)19;1-3-7-5-4-6-2;1-3-5(2)4-6/h3-7,17H,1-2H3,(H,18,19);6H,3-5H2,1-2H3;4H,3H2,1-2H3/b12-7-;;. The van der Waals surface area contributed by atoms with Gasteiger partial charge in [0.15, 0.2) is 0 Å². The van der Waals surface area contributed by atoms with E-state index in [2.05, 4.69) is 21.7 Å². The number of nitrogens with zero attached hydrogens (tertiary/aromatic N) is 1. The summed E-state index contributed by atoms with van der Waals surface area (Å²) in [5.74, 6) is -0.0936. The van der Waals surface area contributed by atoms with Gasteiger partial charge in [0.2, 0.25) is 6.41 Å². The number of H-pyrrole nitrogens is 1. The van der Waals surface area contributed by atoms with Crippen LogP contribution in [0.25, 0.3) is 11.6 Å². The molecule has 7 nitrogen and oxygen atoms in total. The number of ether oxygens (including phenoxy) is 1. The fourth-order valence-corrected chi connectivity index (χ4v) is 2.91. The summed E-state index contributed by atoms with van der Waals surface area (Å²) in [6.45, 7) is 11.3. The minimum absolute atomic E-state index is 0.0936. The van der Waals surface area contributed by atoms with Crippen LogP contribution in [0.1, 0.15) is 36.4 Å². The first-order chi connectivity index (χ1) is 15.3. The Kier molecular flexibility index (Phi) is 12.4. The summed E-state index contributed by atoms with van der Waals surface area (Å²) < 4.78 is 5.01. The van der Waals surface area contributed by atoms with Gasteiger partial charge in [-0.05, 0) is 70.6 Å². The largest absolute Gasteiger partial charge is 0.380 e. The van der Waals surface area contributed by atoms with Crippen LogP contribution >= 0.6 is 11.6 Å². The third kappa shape index (κ3) is 8.86. The van der Waals surface area contributed by atoms with Crippen LogP contribution in [0.3, 0.4) is 0 Å². The highest BCUT2D eigenvalue weighted by molar-refractivity contribution is 6.36. The number of hydrogen-bond acceptors (Lipinski definition) is 4. The number of nitrogens with one attached hydrogen (secondary N) is 3. The number of benzene rings is 1. The number of carbonyl (C=O) groups excluding carboxylic acids is 2. The summed E-state index contributed by atoms with van der Waals surface area (Å²) in [6, 6.07) is 7.46. The predicted octanol–water partition coefficient (Wildman–Crippen LogP) is 4.11. The van der Waals surface area contributed by atoms with Crippen molar-refractivity contribution in [2.45, 2.75) is 27.7 Å². The van der Waals surface area contributed by atoms with Gasteiger partial charge in [-0.15, -0.1) is 0 Å². The summed E-state index contributed by atoms with van der Waals surface area (Å²) in [7, 11) is 3.66. The minimum atomic E-state index is -0.0936. The number of amides is 2. The zero-order valence-corrected chi connectivity index (χ0v) is 20.6. The van der Waals surface area contributed by atoms with E-state index in [0.717, 1.165) is 60.9 Å². The van der Waals surface area contributed by atoms with Gasteiger partial charge in [0.05, 0.1) is 12.2 Å². The molecule has 0 atom stereocenters. The molecule has 32 heavy (non-hydrogen) atoms. The van der Waals surface area contributed by atoms with Crippen molar-refractivity contribution >= 4 is 41.3 Å². The van der Waals surface area contributed by atoms with E-state index in [4.69, 9.17) is 16.3 Å². The molecule has 2 aromatic rings. The van der Waals surface area contributed by atoms with Crippen LogP contribution in [-0.4, -0.2) is 62.6 Å². The average molecular weight is 463 g/mol. The SMILES string of the molecule is CCN(C)C=O.CCOCCNC.Cc1cc(C)c(/C=C2\C(=O)Nc3ccc(Cl)cc32)[nH]1. The van der Waals surface area contributed by atoms with Crippen LogP contribution in [-0.2, 0) is 14.3 Å². The van der Waals surface area contributed by atoms with Crippen molar-refractivity contribution in [2.24, 2.45) is 0 Å². The van der Waals surface area contributed by atoms with Crippen LogP contribution < -0.4 is 10.6 Å². The number of aromatic amines is 1. The molecule has 2 amide bonds. The lowest BCUT2D eigenvalue weighted by Gasteiger charge is -2.01. The van der Waals surface area contributed by atoms with Crippen molar-refractivity contribution in [2.75, 3.05) is 45.7 Å². The fraction of sp³-hybridized carbons (Fsp3) is 0.417. The van der Waals surface area contributed by atoms with Crippen LogP contribution in [0.5, 0.6) is 0 Å². The Bertz CT molecular complexity index is 905. The Hall–Kier alpha value is -2.61. The first-order valence-corrected chi connectivity index (χ1v) is 11.0. The summed E-state index contributed by atoms with van der Waals surface area (Å²) in [5.41, 5.74) is 5.45. The molecular weight excluding hydrogens is 428 g/mol. The van der Waals surface area contributed by atoms with Crippen molar-refractivity contribution in [3.63, 3.8) is 0 Å². The van der Waals surface area contributed by atoms with E-state index in [1.54, 1.807) is 18.0 Å². The van der Waals surface area contributed by atoms with E-state index in [1.165, 1.54) is 0 Å². The highest BCUT2D eigenvalue weighted by atomic mass is 35.5. The summed E-state index contributed by atoms with van der Waals surface area (Å²) in [5, 5.41) is 6.44. The molecule has 1 aliphatic rings. The second-order valence-electron chi connectivity index (χ2n) is 7.23. The van der Waals surface area contributed by atoms with Crippen LogP contribution in [0.15, 0.2) is 24.3 Å². The Labute approximate surface area is 196 Å². The topological polar surface area (TPSA) is 86.5 Å². The molecular formula is C24H35ClN4O3. The molecule has 0 saturated carbocycles. The number of anilines is 1. The molecule has 176 valence electrons. The Morgan fingerprint density at radius 2 is 1.94 bits per heavy atom. The number of hydrogen-bond donors (Lipinski definition) is 3. The lowest BCUT2D eigenvalue weighted by molar-refractivity contribution is -0.116. The molecule has 2 heterocycles. The normalized spacial score (nSPS) is 12.8. The zero-order valence-electron chi connectivity index (χ0n) is 19.8. The molecule has 1 aromatic carbocycles. The monoisotopic (exact) mass is 462 g/mol. The van der Waals surface area contributed by atoms with Gasteiger partial charge in [-0.25, -0.2) is 0 Å². The molecule has 0 bridgehead atoms. The molecule has 0 aliphatic carbocycles. The van der Waals surface area contributed by atoms with Gasteiger partial charge in [-0.2, -0.15) is 0 Å². The third-order valence-corrected chi connectivity index (χ3v) is 4.86. The number of halogens is 1. The van der Waals surface area contributed by atoms with Crippen LogP contribution in [0.4, 0.5) is 5.69 Å². The van der Waals surface area contributed by atoms with Gasteiger partial charge >= 0.3 is 0 Å². The molecule has 3 rings (SSSR count). The van der Waals surface area contributed by atoms with Gasteiger partial charge in [0.1, 0.15) is 0 Å². The first-order valence-electron chi connectivity index (χ1n) is 10.6. The van der Waals surface area contributed by atoms with Gasteiger partial charge < -0.3 is 25.3 Å². The molecule has 1 aliphatic heterocycles. The van der Waals surface area contributed by atoms with Gasteiger partial charge in [-0.3, -0.25) is 9.59 Å². The highest BCUT2D eigenvalue weighted by Gasteiger charge is 2.24. The van der Waals surface area contributed by atoms with E-state index in [-0.39, 0.29) is 5.91 Å². The first kappa shape index (κ1) is 27.4. The smallest absolute Gasteiger partial charge is 0.256 e. The molecule has 0 fully saturated rings. The second kappa shape index (κ2) is 14.5. The molecule has 0 radical (unpaired) electrons. The van der Waals surface area contributed by atoms with E-state index < -0.39 is 0 Å². The maximum Gasteiger partial charge on any atom is 0.256 e. The molecule has 8 heteroatoms. The Morgan fingerprint density at radius 1 is 1.22 bits per heavy atom. The van der Waals surface area contributed by atoms with Crippen molar-refractivity contribution in [1.29, 1.82) is 0 Å². The summed E-state index contributed by atoms with van der Waals surface area (Å²) in [4.78, 5) is 26.5. The molecule has 0 spiro atoms. The Balaban J connectivity index is 0.000000328. The fourth-order valence-electron chi connectivity index (χ4n) is 2.74. The van der Waals surface area contributed by atoms with E-state index in [9.17, 15) is 9.59 Å². The van der Waals surface area contributed by atoms with E-state index in [0.29, 0.717) is 10.6 Å². The maximum atomic E-state index is 12.0. The molecule has 3 N–H and O–H groups in total. The number of aryl methyl sites for hydroxylation is 2. The Morgan fingerprint density at radius 3 is 2.44 bits per heavy atom. The van der Waals surface area contributed by atoms with E-state index >= 15 is 0 Å². The van der Waals surface area contributed by atoms with Crippen molar-refractivity contribution in [1.82, 2.24) is 15.2 Å². The lowest BCUT2D eigenvalue weighted by atomic mass is 10.1. The summed E-state index contributed by atoms with van der Waals surface area (Å²) >= 11 is 6.00. The number of likely N-dealkylation sites (N-methyl/N-ethyl adjacent to an activating group) is 1. The van der Waals surface area contributed by atoms with Crippen molar-refractivity contribution in [3.05, 3.63) is 51.8 Å². The van der Waals surface area contributed by atoms with Crippen LogP contribution in [0.2, 0.25) is 5.02 Å². The minimum Gasteiger partial charge on any atom is -0.380 e. The van der Waals surface area contributed by atoms with Gasteiger partial charge in [0, 0.05) is 54.4 Å². The zero-order chi connectivity index (χ0) is 24.1. The second-order valence-corrected chi connectivity index (χ2v) is 7.67. The van der Waals surface area contributed by atoms with Gasteiger partial charge in [-0.1, -0.05) is 11.6 Å². The van der Waals surface area contributed by atoms with Crippen molar-refractivity contribution < 1.29 is 14.3 Å². The number of aromatic nitrogens is 1. The number of carbonyl (C=O) groups is 2. The lowest BCUT2D eigenvalue weighted by Crippen LogP contribution is -2.13. The third-order valence-electron chi connectivity index (χ3n) is 4.62. The maximum absolute atomic E-state index is 12.0.